The molecular weight excluding hydrogens is 422 g/mol. The topological polar surface area (TPSA) is 89.2 Å². The smallest absolute Gasteiger partial charge is 0.296 e. The summed E-state index contributed by atoms with van der Waals surface area (Å²) in [6.45, 7) is 4.40. The number of ketones is 1. The molecule has 1 atom stereocenters. The molecule has 33 heavy (non-hydrogen) atoms. The number of benzene rings is 2. The van der Waals surface area contributed by atoms with Gasteiger partial charge in [-0.1, -0.05) is 12.1 Å². The molecule has 1 aromatic heterocycles. The van der Waals surface area contributed by atoms with E-state index in [9.17, 15) is 14.7 Å². The molecular formula is C26H25NO6. The molecule has 2 heterocycles. The largest absolute Gasteiger partial charge is 0.507 e. The number of ether oxygens (including phenoxy) is 2. The summed E-state index contributed by atoms with van der Waals surface area (Å²) >= 11 is 0. The van der Waals surface area contributed by atoms with Gasteiger partial charge in [0.2, 0.25) is 0 Å². The van der Waals surface area contributed by atoms with Gasteiger partial charge in [0, 0.05) is 12.1 Å². The molecule has 2 aromatic carbocycles. The highest BCUT2D eigenvalue weighted by molar-refractivity contribution is 6.46. The zero-order valence-corrected chi connectivity index (χ0v) is 18.7. The number of aryl methyl sites for hydroxylation is 1. The predicted molar refractivity (Wildman–Crippen MR) is 122 cm³/mol. The number of aliphatic hydroxyl groups is 1. The van der Waals surface area contributed by atoms with Gasteiger partial charge in [0.15, 0.2) is 0 Å². The molecule has 7 heteroatoms. The van der Waals surface area contributed by atoms with Crippen LogP contribution >= 0.6 is 0 Å². The van der Waals surface area contributed by atoms with Crippen molar-refractivity contribution in [1.29, 1.82) is 0 Å². The normalized spacial score (nSPS) is 17.4. The summed E-state index contributed by atoms with van der Waals surface area (Å²) in [6, 6.07) is 14.9. The first kappa shape index (κ1) is 22.2. The number of Topliss-reactive ketones (excluding diaryl/α,β-unsaturated/α-hetero) is 1. The molecule has 7 nitrogen and oxygen atoms in total. The van der Waals surface area contributed by atoms with Crippen LogP contribution in [0, 0.1) is 6.92 Å². The van der Waals surface area contributed by atoms with Crippen molar-refractivity contribution < 1.29 is 28.6 Å². The lowest BCUT2D eigenvalue weighted by molar-refractivity contribution is -0.140. The summed E-state index contributed by atoms with van der Waals surface area (Å²) in [5.74, 6) is 0.000662. The fourth-order valence-corrected chi connectivity index (χ4v) is 4.02. The van der Waals surface area contributed by atoms with Gasteiger partial charge in [-0.3, -0.25) is 9.59 Å². The number of carbonyl (C=O) groups excluding carboxylic acids is 2. The van der Waals surface area contributed by atoms with E-state index >= 15 is 0 Å². The van der Waals surface area contributed by atoms with Crippen LogP contribution in [0.25, 0.3) is 5.76 Å². The SMILES string of the molecule is CCOc1ccc(/C(O)=C2/C(=O)C(=O)N(Cc3cccc(OC)c3)C2c2ccco2)cc1C. The van der Waals surface area contributed by atoms with E-state index in [0.29, 0.717) is 29.4 Å². The molecule has 0 bridgehead atoms. The highest BCUT2D eigenvalue weighted by atomic mass is 16.5. The minimum Gasteiger partial charge on any atom is -0.507 e. The van der Waals surface area contributed by atoms with Gasteiger partial charge in [-0.25, -0.2) is 0 Å². The molecule has 0 radical (unpaired) electrons. The zero-order valence-electron chi connectivity index (χ0n) is 18.7. The number of carbonyl (C=O) groups is 2. The molecule has 1 fully saturated rings. The van der Waals surface area contributed by atoms with Gasteiger partial charge in [0.05, 0.1) is 25.6 Å². The van der Waals surface area contributed by atoms with Gasteiger partial charge in [-0.2, -0.15) is 0 Å². The van der Waals surface area contributed by atoms with Crippen LogP contribution in [0.5, 0.6) is 11.5 Å². The fraction of sp³-hybridized carbons (Fsp3) is 0.231. The van der Waals surface area contributed by atoms with E-state index < -0.39 is 17.7 Å². The summed E-state index contributed by atoms with van der Waals surface area (Å²) in [5.41, 5.74) is 2.00. The number of hydrogen-bond donors (Lipinski definition) is 1. The highest BCUT2D eigenvalue weighted by Crippen LogP contribution is 2.41. The third-order valence-corrected chi connectivity index (χ3v) is 5.59. The molecule has 4 rings (SSSR count). The number of methoxy groups -OCH3 is 1. The maximum Gasteiger partial charge on any atom is 0.296 e. The summed E-state index contributed by atoms with van der Waals surface area (Å²) < 4.78 is 16.4. The quantitative estimate of drug-likeness (QED) is 0.323. The van der Waals surface area contributed by atoms with Gasteiger partial charge in [0.1, 0.15) is 29.1 Å². The highest BCUT2D eigenvalue weighted by Gasteiger charge is 2.47. The Balaban J connectivity index is 1.79. The summed E-state index contributed by atoms with van der Waals surface area (Å²) in [6.07, 6.45) is 1.47. The van der Waals surface area contributed by atoms with Gasteiger partial charge < -0.3 is 23.9 Å². The van der Waals surface area contributed by atoms with E-state index in [4.69, 9.17) is 13.9 Å². The molecule has 1 unspecified atom stereocenters. The standard InChI is InChI=1S/C26H25NO6/c1-4-32-20-11-10-18(13-16(20)2)24(28)22-23(21-9-6-12-33-21)27(26(30)25(22)29)15-17-7-5-8-19(14-17)31-3/h5-14,23,28H,4,15H2,1-3H3/b24-22-. The molecule has 1 aliphatic heterocycles. The second kappa shape index (κ2) is 9.24. The lowest BCUT2D eigenvalue weighted by atomic mass is 9.98. The van der Waals surface area contributed by atoms with E-state index in [1.165, 1.54) is 11.2 Å². The lowest BCUT2D eigenvalue weighted by Crippen LogP contribution is -2.29. The first-order valence-corrected chi connectivity index (χ1v) is 10.6. The number of furan rings is 1. The van der Waals surface area contributed by atoms with Crippen LogP contribution in [0.3, 0.4) is 0 Å². The Kier molecular flexibility index (Phi) is 6.22. The van der Waals surface area contributed by atoms with E-state index in [0.717, 1.165) is 11.1 Å². The van der Waals surface area contributed by atoms with Crippen molar-refractivity contribution in [1.82, 2.24) is 4.90 Å². The number of hydrogen-bond acceptors (Lipinski definition) is 6. The van der Waals surface area contributed by atoms with Crippen molar-refractivity contribution in [2.24, 2.45) is 0 Å². The average molecular weight is 447 g/mol. The van der Waals surface area contributed by atoms with E-state index in [2.05, 4.69) is 0 Å². The first-order chi connectivity index (χ1) is 15.9. The van der Waals surface area contributed by atoms with Crippen LogP contribution in [0.15, 0.2) is 70.9 Å². The predicted octanol–water partition coefficient (Wildman–Crippen LogP) is 4.62. The van der Waals surface area contributed by atoms with Gasteiger partial charge in [-0.15, -0.1) is 0 Å². The molecule has 1 saturated heterocycles. The van der Waals surface area contributed by atoms with Crippen LogP contribution in [-0.4, -0.2) is 35.4 Å². The van der Waals surface area contributed by atoms with Crippen molar-refractivity contribution in [2.75, 3.05) is 13.7 Å². The lowest BCUT2D eigenvalue weighted by Gasteiger charge is -2.23. The zero-order chi connectivity index (χ0) is 23.5. The van der Waals surface area contributed by atoms with Crippen molar-refractivity contribution in [3.8, 4) is 11.5 Å². The minimum absolute atomic E-state index is 0.0126. The Morgan fingerprint density at radius 3 is 2.61 bits per heavy atom. The van der Waals surface area contributed by atoms with Gasteiger partial charge in [0.25, 0.3) is 11.7 Å². The van der Waals surface area contributed by atoms with Crippen LogP contribution in [0.4, 0.5) is 0 Å². The average Bonchev–Trinajstić information content (AvgIpc) is 3.43. The molecule has 0 spiro atoms. The third kappa shape index (κ3) is 4.22. The van der Waals surface area contributed by atoms with Crippen molar-refractivity contribution in [3.63, 3.8) is 0 Å². The third-order valence-electron chi connectivity index (χ3n) is 5.59. The molecule has 0 saturated carbocycles. The van der Waals surface area contributed by atoms with Crippen LogP contribution in [0.2, 0.25) is 0 Å². The Hall–Kier alpha value is -4.00. The molecule has 3 aromatic rings. The number of likely N-dealkylation sites (tertiary alicyclic amines) is 1. The second-order valence-electron chi connectivity index (χ2n) is 7.71. The molecule has 1 aliphatic rings. The summed E-state index contributed by atoms with van der Waals surface area (Å²) in [5, 5.41) is 11.2. The van der Waals surface area contributed by atoms with Crippen molar-refractivity contribution in [3.05, 3.63) is 88.9 Å². The maximum atomic E-state index is 13.1. The van der Waals surface area contributed by atoms with Gasteiger partial charge in [-0.05, 0) is 67.4 Å². The van der Waals surface area contributed by atoms with Gasteiger partial charge >= 0.3 is 0 Å². The maximum absolute atomic E-state index is 13.1. The van der Waals surface area contributed by atoms with Crippen molar-refractivity contribution >= 4 is 17.4 Å². The van der Waals surface area contributed by atoms with E-state index in [1.54, 1.807) is 49.6 Å². The van der Waals surface area contributed by atoms with Crippen LogP contribution in [0.1, 0.15) is 35.4 Å². The number of nitrogens with zero attached hydrogens (tertiary/aromatic N) is 1. The Labute approximate surface area is 191 Å². The number of aliphatic hydroxyl groups excluding tert-OH is 1. The second-order valence-corrected chi connectivity index (χ2v) is 7.71. The number of amides is 1. The Bertz CT molecular complexity index is 1210. The monoisotopic (exact) mass is 447 g/mol. The van der Waals surface area contributed by atoms with Crippen LogP contribution < -0.4 is 9.47 Å². The minimum atomic E-state index is -0.863. The Morgan fingerprint density at radius 1 is 1.12 bits per heavy atom. The van der Waals surface area contributed by atoms with E-state index in [-0.39, 0.29) is 17.9 Å². The molecule has 170 valence electrons. The summed E-state index contributed by atoms with van der Waals surface area (Å²) in [4.78, 5) is 27.6. The fourth-order valence-electron chi connectivity index (χ4n) is 4.02. The summed E-state index contributed by atoms with van der Waals surface area (Å²) in [7, 11) is 1.56. The van der Waals surface area contributed by atoms with E-state index in [1.807, 2.05) is 26.0 Å². The molecule has 0 aliphatic carbocycles. The van der Waals surface area contributed by atoms with Crippen LogP contribution in [-0.2, 0) is 16.1 Å². The molecule has 1 amide bonds. The molecule has 1 N–H and O–H groups in total. The first-order valence-electron chi connectivity index (χ1n) is 10.6. The van der Waals surface area contributed by atoms with Crippen molar-refractivity contribution in [2.45, 2.75) is 26.4 Å². The Morgan fingerprint density at radius 2 is 1.94 bits per heavy atom. The number of rotatable bonds is 7.